The van der Waals surface area contributed by atoms with Crippen LogP contribution in [0.3, 0.4) is 0 Å². The normalized spacial score (nSPS) is 10.4. The Labute approximate surface area is 93.9 Å². The number of hydrogen-bond donors (Lipinski definition) is 1. The van der Waals surface area contributed by atoms with Crippen LogP contribution >= 0.6 is 0 Å². The van der Waals surface area contributed by atoms with Gasteiger partial charge >= 0.3 is 0 Å². The van der Waals surface area contributed by atoms with Gasteiger partial charge < -0.3 is 5.73 Å². The fraction of sp³-hybridized carbons (Fsp3) is 0.154. The molecule has 0 atom stereocenters. The fourth-order valence-corrected chi connectivity index (χ4v) is 1.55. The van der Waals surface area contributed by atoms with Crippen LogP contribution < -0.4 is 5.73 Å². The van der Waals surface area contributed by atoms with Crippen LogP contribution in [0.25, 0.3) is 11.1 Å². The number of aromatic nitrogens is 1. The summed E-state index contributed by atoms with van der Waals surface area (Å²) in [6, 6.07) is 8.63. The Hall–Kier alpha value is -1.74. The molecular weight excluding hydrogens is 203 g/mol. The number of benzene rings is 1. The summed E-state index contributed by atoms with van der Waals surface area (Å²) in [6.45, 7) is 2.31. The van der Waals surface area contributed by atoms with E-state index < -0.39 is 0 Å². The molecule has 0 fully saturated rings. The van der Waals surface area contributed by atoms with Crippen LogP contribution in [0.2, 0.25) is 0 Å². The van der Waals surface area contributed by atoms with Gasteiger partial charge in [0.05, 0.1) is 0 Å². The average Bonchev–Trinajstić information content (AvgIpc) is 2.31. The highest BCUT2D eigenvalue weighted by atomic mass is 19.1. The molecule has 3 heteroatoms. The summed E-state index contributed by atoms with van der Waals surface area (Å²) in [6.07, 6.45) is 1.67. The highest BCUT2D eigenvalue weighted by Gasteiger charge is 2.05. The molecule has 82 valence electrons. The number of nitrogens with zero attached hydrogens (tertiary/aromatic N) is 1. The van der Waals surface area contributed by atoms with Gasteiger partial charge in [0, 0.05) is 29.6 Å². The van der Waals surface area contributed by atoms with Crippen molar-refractivity contribution in [3.63, 3.8) is 0 Å². The third-order valence-corrected chi connectivity index (χ3v) is 2.49. The minimum Gasteiger partial charge on any atom is -0.326 e. The first kappa shape index (κ1) is 10.8. The maximum absolute atomic E-state index is 13.6. The first-order valence-electron chi connectivity index (χ1n) is 5.12. The van der Waals surface area contributed by atoms with Gasteiger partial charge in [0.15, 0.2) is 0 Å². The topological polar surface area (TPSA) is 38.9 Å². The summed E-state index contributed by atoms with van der Waals surface area (Å²) in [7, 11) is 0. The predicted molar refractivity (Wildman–Crippen MR) is 62.3 cm³/mol. The molecule has 0 bridgehead atoms. The predicted octanol–water partition coefficient (Wildman–Crippen LogP) is 2.65. The summed E-state index contributed by atoms with van der Waals surface area (Å²) in [5, 5.41) is 0. The van der Waals surface area contributed by atoms with Gasteiger partial charge in [-0.05, 0) is 30.7 Å². The number of rotatable bonds is 2. The second-order valence-electron chi connectivity index (χ2n) is 3.71. The summed E-state index contributed by atoms with van der Waals surface area (Å²) in [4.78, 5) is 4.15. The van der Waals surface area contributed by atoms with Crippen molar-refractivity contribution in [3.8, 4) is 11.1 Å². The minimum absolute atomic E-state index is 0.247. The third kappa shape index (κ3) is 2.09. The summed E-state index contributed by atoms with van der Waals surface area (Å²) in [5.74, 6) is -0.247. The standard InChI is InChI=1S/C13H13FN2/c1-9-2-4-11(8-16-9)12-6-10(7-15)3-5-13(12)14/h2-6,8H,7,15H2,1H3. The summed E-state index contributed by atoms with van der Waals surface area (Å²) < 4.78 is 13.6. The van der Waals surface area contributed by atoms with E-state index in [0.29, 0.717) is 12.1 Å². The van der Waals surface area contributed by atoms with Gasteiger partial charge in [-0.3, -0.25) is 4.98 Å². The van der Waals surface area contributed by atoms with Crippen molar-refractivity contribution >= 4 is 0 Å². The van der Waals surface area contributed by atoms with Crippen molar-refractivity contribution < 1.29 is 4.39 Å². The highest BCUT2D eigenvalue weighted by Crippen LogP contribution is 2.23. The maximum Gasteiger partial charge on any atom is 0.131 e. The lowest BCUT2D eigenvalue weighted by atomic mass is 10.0. The number of pyridine rings is 1. The van der Waals surface area contributed by atoms with Crippen molar-refractivity contribution in [3.05, 3.63) is 53.6 Å². The Kier molecular flexibility index (Phi) is 2.97. The van der Waals surface area contributed by atoms with Crippen LogP contribution in [0, 0.1) is 12.7 Å². The lowest BCUT2D eigenvalue weighted by Crippen LogP contribution is -1.97. The number of hydrogen-bond acceptors (Lipinski definition) is 2. The monoisotopic (exact) mass is 216 g/mol. The molecule has 0 aliphatic heterocycles. The van der Waals surface area contributed by atoms with Gasteiger partial charge in [0.25, 0.3) is 0 Å². The first-order chi connectivity index (χ1) is 7.70. The summed E-state index contributed by atoms with van der Waals surface area (Å²) >= 11 is 0. The van der Waals surface area contributed by atoms with E-state index in [0.717, 1.165) is 16.8 Å². The molecule has 2 nitrogen and oxygen atoms in total. The molecule has 16 heavy (non-hydrogen) atoms. The Balaban J connectivity index is 2.50. The molecule has 2 rings (SSSR count). The Morgan fingerprint density at radius 3 is 2.69 bits per heavy atom. The first-order valence-corrected chi connectivity index (χ1v) is 5.12. The zero-order valence-electron chi connectivity index (χ0n) is 9.07. The fourth-order valence-electron chi connectivity index (χ4n) is 1.55. The Morgan fingerprint density at radius 1 is 1.25 bits per heavy atom. The van der Waals surface area contributed by atoms with E-state index in [1.807, 2.05) is 19.1 Å². The highest BCUT2D eigenvalue weighted by molar-refractivity contribution is 5.64. The molecule has 0 radical (unpaired) electrons. The van der Waals surface area contributed by atoms with Crippen molar-refractivity contribution in [2.24, 2.45) is 5.73 Å². The zero-order valence-corrected chi connectivity index (χ0v) is 9.07. The van der Waals surface area contributed by atoms with E-state index >= 15 is 0 Å². The molecule has 0 spiro atoms. The molecular formula is C13H13FN2. The second kappa shape index (κ2) is 4.41. The molecule has 1 aromatic heterocycles. The van der Waals surface area contributed by atoms with E-state index in [-0.39, 0.29) is 5.82 Å². The molecule has 2 N–H and O–H groups in total. The SMILES string of the molecule is Cc1ccc(-c2cc(CN)ccc2F)cn1. The summed E-state index contributed by atoms with van der Waals surface area (Å²) in [5.41, 5.74) is 8.69. The maximum atomic E-state index is 13.6. The minimum atomic E-state index is -0.247. The van der Waals surface area contributed by atoms with Gasteiger partial charge in [-0.25, -0.2) is 4.39 Å². The van der Waals surface area contributed by atoms with E-state index in [1.165, 1.54) is 6.07 Å². The molecule has 0 aliphatic carbocycles. The van der Waals surface area contributed by atoms with Crippen molar-refractivity contribution in [1.82, 2.24) is 4.98 Å². The van der Waals surface area contributed by atoms with Crippen LogP contribution in [0.4, 0.5) is 4.39 Å². The lowest BCUT2D eigenvalue weighted by molar-refractivity contribution is 0.630. The van der Waals surface area contributed by atoms with E-state index in [1.54, 1.807) is 18.3 Å². The van der Waals surface area contributed by atoms with E-state index in [4.69, 9.17) is 5.73 Å². The molecule has 1 aromatic carbocycles. The Morgan fingerprint density at radius 2 is 2.06 bits per heavy atom. The molecule has 1 heterocycles. The smallest absolute Gasteiger partial charge is 0.131 e. The van der Waals surface area contributed by atoms with Crippen LogP contribution in [-0.2, 0) is 6.54 Å². The van der Waals surface area contributed by atoms with Crippen LogP contribution in [0.1, 0.15) is 11.3 Å². The van der Waals surface area contributed by atoms with Crippen molar-refractivity contribution in [1.29, 1.82) is 0 Å². The zero-order chi connectivity index (χ0) is 11.5. The number of halogens is 1. The van der Waals surface area contributed by atoms with Gasteiger partial charge in [-0.15, -0.1) is 0 Å². The van der Waals surface area contributed by atoms with Crippen LogP contribution in [-0.4, -0.2) is 4.98 Å². The molecule has 0 saturated carbocycles. The van der Waals surface area contributed by atoms with Crippen LogP contribution in [0.5, 0.6) is 0 Å². The Bertz CT molecular complexity index is 492. The van der Waals surface area contributed by atoms with E-state index in [9.17, 15) is 4.39 Å². The number of aryl methyl sites for hydroxylation is 1. The largest absolute Gasteiger partial charge is 0.326 e. The van der Waals surface area contributed by atoms with Crippen LogP contribution in [0.15, 0.2) is 36.5 Å². The number of nitrogens with two attached hydrogens (primary N) is 1. The average molecular weight is 216 g/mol. The van der Waals surface area contributed by atoms with Crippen molar-refractivity contribution in [2.45, 2.75) is 13.5 Å². The molecule has 2 aromatic rings. The molecule has 0 saturated heterocycles. The molecule has 0 amide bonds. The lowest BCUT2D eigenvalue weighted by Gasteiger charge is -2.05. The van der Waals surface area contributed by atoms with Gasteiger partial charge in [0.1, 0.15) is 5.82 Å². The van der Waals surface area contributed by atoms with Gasteiger partial charge in [-0.1, -0.05) is 12.1 Å². The molecule has 0 unspecified atom stereocenters. The quantitative estimate of drug-likeness (QED) is 0.838. The second-order valence-corrected chi connectivity index (χ2v) is 3.71. The van der Waals surface area contributed by atoms with Gasteiger partial charge in [-0.2, -0.15) is 0 Å². The van der Waals surface area contributed by atoms with Gasteiger partial charge in [0.2, 0.25) is 0 Å². The molecule has 0 aliphatic rings. The third-order valence-electron chi connectivity index (χ3n) is 2.49. The van der Waals surface area contributed by atoms with Crippen molar-refractivity contribution in [2.75, 3.05) is 0 Å². The van der Waals surface area contributed by atoms with E-state index in [2.05, 4.69) is 4.98 Å².